The summed E-state index contributed by atoms with van der Waals surface area (Å²) in [4.78, 5) is 0. The maximum absolute atomic E-state index is 5.96. The second-order valence-electron chi connectivity index (χ2n) is 9.36. The molecule has 184 valence electrons. The van der Waals surface area contributed by atoms with Crippen LogP contribution in [0.5, 0.6) is 5.75 Å². The molecule has 0 aliphatic heterocycles. The van der Waals surface area contributed by atoms with E-state index in [-0.39, 0.29) is 21.2 Å². The van der Waals surface area contributed by atoms with Gasteiger partial charge < -0.3 is 4.74 Å². The van der Waals surface area contributed by atoms with Crippen LogP contribution in [0.15, 0.2) is 54.6 Å². The van der Waals surface area contributed by atoms with E-state index in [9.17, 15) is 0 Å². The molecule has 0 fully saturated rings. The second-order valence-corrected chi connectivity index (χ2v) is 12.1. The van der Waals surface area contributed by atoms with Gasteiger partial charge in [-0.05, 0) is 36.2 Å². The van der Waals surface area contributed by atoms with Gasteiger partial charge in [-0.2, -0.15) is 0 Å². The van der Waals surface area contributed by atoms with Crippen LogP contribution in [0, 0.1) is 3.57 Å². The van der Waals surface area contributed by atoms with Crippen LogP contribution in [0.3, 0.4) is 0 Å². The second kappa shape index (κ2) is 20.4. The minimum absolute atomic E-state index is 0.0432. The summed E-state index contributed by atoms with van der Waals surface area (Å²) in [6.45, 7) is 3.15. The molecular formula is C31H48IO+. The topological polar surface area (TPSA) is 9.23 Å². The molecule has 0 aliphatic carbocycles. The van der Waals surface area contributed by atoms with Crippen LogP contribution in [-0.4, -0.2) is 6.61 Å². The van der Waals surface area contributed by atoms with Crippen molar-refractivity contribution in [1.29, 1.82) is 0 Å². The highest BCUT2D eigenvalue weighted by molar-refractivity contribution is 5.20. The molecule has 0 spiro atoms. The van der Waals surface area contributed by atoms with E-state index in [4.69, 9.17) is 4.74 Å². The van der Waals surface area contributed by atoms with Gasteiger partial charge in [-0.25, -0.2) is 0 Å². The molecule has 2 aromatic rings. The highest BCUT2D eigenvalue weighted by Gasteiger charge is 2.12. The van der Waals surface area contributed by atoms with Gasteiger partial charge in [-0.1, -0.05) is 134 Å². The van der Waals surface area contributed by atoms with Crippen LogP contribution in [0.1, 0.15) is 115 Å². The summed E-state index contributed by atoms with van der Waals surface area (Å²) in [6, 6.07) is 19.7. The van der Waals surface area contributed by atoms with Crippen molar-refractivity contribution in [2.45, 2.75) is 114 Å². The molecule has 2 rings (SSSR count). The predicted octanol–water partition coefficient (Wildman–Crippen LogP) is 6.79. The first kappa shape index (κ1) is 28.2. The van der Waals surface area contributed by atoms with Crippen molar-refractivity contribution in [2.24, 2.45) is 0 Å². The first-order chi connectivity index (χ1) is 16.4. The monoisotopic (exact) mass is 563 g/mol. The SMILES string of the molecule is CCCCCCCCCCCCCCCCCCOc1ccc([I+]Cc2ccccc2)cc1. The molecule has 33 heavy (non-hydrogen) atoms. The van der Waals surface area contributed by atoms with Gasteiger partial charge in [0.1, 0.15) is 5.75 Å². The van der Waals surface area contributed by atoms with Crippen molar-refractivity contribution in [3.8, 4) is 5.75 Å². The zero-order valence-electron chi connectivity index (χ0n) is 21.2. The van der Waals surface area contributed by atoms with Crippen LogP contribution in [0.25, 0.3) is 0 Å². The molecule has 0 bridgehead atoms. The van der Waals surface area contributed by atoms with E-state index in [1.807, 2.05) is 0 Å². The van der Waals surface area contributed by atoms with Crippen molar-refractivity contribution >= 4 is 0 Å². The molecule has 0 N–H and O–H groups in total. The summed E-state index contributed by atoms with van der Waals surface area (Å²) in [5.41, 5.74) is 1.45. The first-order valence-electron chi connectivity index (χ1n) is 13.7. The van der Waals surface area contributed by atoms with E-state index < -0.39 is 0 Å². The molecule has 0 unspecified atom stereocenters. The Labute approximate surface area is 215 Å². The third-order valence-corrected chi connectivity index (χ3v) is 9.16. The highest BCUT2D eigenvalue weighted by Crippen LogP contribution is 2.14. The zero-order chi connectivity index (χ0) is 23.2. The van der Waals surface area contributed by atoms with Crippen molar-refractivity contribution < 1.29 is 25.9 Å². The van der Waals surface area contributed by atoms with Crippen LogP contribution in [-0.2, 0) is 4.43 Å². The Morgan fingerprint density at radius 2 is 1.03 bits per heavy atom. The van der Waals surface area contributed by atoms with Gasteiger partial charge in [0, 0.05) is 0 Å². The van der Waals surface area contributed by atoms with Gasteiger partial charge in [0.15, 0.2) is 8.00 Å². The van der Waals surface area contributed by atoms with E-state index >= 15 is 0 Å². The quantitative estimate of drug-likeness (QED) is 0.0924. The van der Waals surface area contributed by atoms with Crippen molar-refractivity contribution in [1.82, 2.24) is 0 Å². The largest absolute Gasteiger partial charge is 0.494 e. The fourth-order valence-electron chi connectivity index (χ4n) is 4.18. The number of hydrogen-bond donors (Lipinski definition) is 0. The number of benzene rings is 2. The maximum Gasteiger partial charge on any atom is 0.318 e. The molecular weight excluding hydrogens is 515 g/mol. The third kappa shape index (κ3) is 15.5. The minimum Gasteiger partial charge on any atom is -0.494 e. The normalized spacial score (nSPS) is 11.1. The summed E-state index contributed by atoms with van der Waals surface area (Å²) in [6.07, 6.45) is 22.6. The Balaban J connectivity index is 1.34. The summed E-state index contributed by atoms with van der Waals surface area (Å²) in [7, 11) is 0. The minimum atomic E-state index is 0.0432. The average molecular weight is 564 g/mol. The number of rotatable bonds is 21. The zero-order valence-corrected chi connectivity index (χ0v) is 23.4. The van der Waals surface area contributed by atoms with Gasteiger partial charge in [-0.3, -0.25) is 0 Å². The fraction of sp³-hybridized carbons (Fsp3) is 0.613. The summed E-state index contributed by atoms with van der Waals surface area (Å²) in [5.74, 6) is 1.03. The van der Waals surface area contributed by atoms with Crippen molar-refractivity contribution in [3.05, 3.63) is 63.7 Å². The lowest BCUT2D eigenvalue weighted by molar-refractivity contribution is -0.643. The molecule has 2 aromatic carbocycles. The van der Waals surface area contributed by atoms with Crippen LogP contribution >= 0.6 is 0 Å². The maximum atomic E-state index is 5.96. The van der Waals surface area contributed by atoms with E-state index in [0.717, 1.165) is 12.4 Å². The van der Waals surface area contributed by atoms with Crippen molar-refractivity contribution in [2.75, 3.05) is 6.61 Å². The summed E-state index contributed by atoms with van der Waals surface area (Å²) >= 11 is 0.0432. The smallest absolute Gasteiger partial charge is 0.318 e. The van der Waals surface area contributed by atoms with E-state index in [0.29, 0.717) is 0 Å². The van der Waals surface area contributed by atoms with Gasteiger partial charge in [0.05, 0.1) is 6.61 Å². The van der Waals surface area contributed by atoms with Crippen LogP contribution in [0.4, 0.5) is 0 Å². The molecule has 1 nitrogen and oxygen atoms in total. The average Bonchev–Trinajstić information content (AvgIpc) is 2.86. The number of alkyl halides is 1. The third-order valence-electron chi connectivity index (χ3n) is 6.30. The van der Waals surface area contributed by atoms with Crippen LogP contribution < -0.4 is 25.9 Å². The van der Waals surface area contributed by atoms with Gasteiger partial charge >= 0.3 is 21.2 Å². The molecule has 0 aromatic heterocycles. The molecule has 0 amide bonds. The molecule has 2 heteroatoms. The fourth-order valence-corrected chi connectivity index (χ4v) is 6.44. The molecule has 0 saturated carbocycles. The predicted molar refractivity (Wildman–Crippen MR) is 140 cm³/mol. The number of halogens is 1. The van der Waals surface area contributed by atoms with Gasteiger partial charge in [0.2, 0.25) is 0 Å². The van der Waals surface area contributed by atoms with Crippen molar-refractivity contribution in [3.63, 3.8) is 0 Å². The highest BCUT2D eigenvalue weighted by atomic mass is 127. The Morgan fingerprint density at radius 1 is 0.545 bits per heavy atom. The number of unbranched alkanes of at least 4 members (excludes halogenated alkanes) is 15. The van der Waals surface area contributed by atoms with E-state index in [1.165, 1.54) is 116 Å². The first-order valence-corrected chi connectivity index (χ1v) is 16.3. The van der Waals surface area contributed by atoms with E-state index in [2.05, 4.69) is 61.5 Å². The molecule has 0 aliphatic rings. The molecule has 0 heterocycles. The van der Waals surface area contributed by atoms with Gasteiger partial charge in [0.25, 0.3) is 0 Å². The van der Waals surface area contributed by atoms with Gasteiger partial charge in [-0.15, -0.1) is 0 Å². The lowest BCUT2D eigenvalue weighted by atomic mass is 10.0. The molecule has 0 atom stereocenters. The summed E-state index contributed by atoms with van der Waals surface area (Å²) < 4.78 is 8.66. The molecule has 0 saturated heterocycles. The lowest BCUT2D eigenvalue weighted by Gasteiger charge is -2.06. The Morgan fingerprint density at radius 3 is 1.55 bits per heavy atom. The standard InChI is InChI=1S/C31H48IO/c1-2-3-4-5-6-7-8-9-10-11-12-13-14-15-16-20-27-33-31-25-23-30(24-26-31)32-28-29-21-18-17-19-22-29/h17-19,21-26H,2-16,20,27-28H2,1H3/q+1. The Bertz CT molecular complexity index is 667. The molecule has 0 radical (unpaired) electrons. The summed E-state index contributed by atoms with van der Waals surface area (Å²) in [5, 5.41) is 0. The lowest BCUT2D eigenvalue weighted by Crippen LogP contribution is -3.61. The number of hydrogen-bond acceptors (Lipinski definition) is 1. The van der Waals surface area contributed by atoms with Crippen LogP contribution in [0.2, 0.25) is 0 Å². The number of ether oxygens (including phenoxy) is 1. The Hall–Kier alpha value is -1.03. The Kier molecular flexibility index (Phi) is 17.4. The van der Waals surface area contributed by atoms with E-state index in [1.54, 1.807) is 0 Å².